The van der Waals surface area contributed by atoms with Gasteiger partial charge >= 0.3 is 0 Å². The van der Waals surface area contributed by atoms with Crippen LogP contribution in [0.25, 0.3) is 21.3 Å². The number of thiophene rings is 1. The van der Waals surface area contributed by atoms with Crippen molar-refractivity contribution in [2.24, 2.45) is 0 Å². The number of benzene rings is 2. The number of halogens is 1. The maximum atomic E-state index is 13.3. The minimum absolute atomic E-state index is 0.115. The maximum absolute atomic E-state index is 13.3. The number of nitrogens with one attached hydrogen (secondary N) is 2. The van der Waals surface area contributed by atoms with E-state index in [1.54, 1.807) is 12.1 Å². The molecule has 0 saturated heterocycles. The first-order valence-corrected chi connectivity index (χ1v) is 9.11. The third kappa shape index (κ3) is 3.63. The summed E-state index contributed by atoms with van der Waals surface area (Å²) < 4.78 is 13.3. The molecule has 5 nitrogen and oxygen atoms in total. The molecular formula is C20H15FN4OS. The Kier molecular flexibility index (Phi) is 4.52. The Labute approximate surface area is 158 Å². The van der Waals surface area contributed by atoms with E-state index in [9.17, 15) is 9.18 Å². The van der Waals surface area contributed by atoms with E-state index in [-0.39, 0.29) is 11.7 Å². The zero-order valence-corrected chi connectivity index (χ0v) is 15.2. The van der Waals surface area contributed by atoms with Crippen LogP contribution in [0.2, 0.25) is 0 Å². The fraction of sp³-hybridized carbons (Fsp3) is 0.0500. The minimum Gasteiger partial charge on any atom is -0.340 e. The highest BCUT2D eigenvalue weighted by Crippen LogP contribution is 2.37. The number of carbonyl (C=O) groups is 1. The number of hydrogen-bond donors (Lipinski definition) is 2. The van der Waals surface area contributed by atoms with Crippen LogP contribution in [0.15, 0.2) is 60.2 Å². The van der Waals surface area contributed by atoms with Crippen LogP contribution in [-0.2, 0) is 4.79 Å². The lowest BCUT2D eigenvalue weighted by molar-refractivity contribution is -0.114. The Balaban J connectivity index is 1.70. The van der Waals surface area contributed by atoms with E-state index in [1.807, 2.05) is 29.6 Å². The van der Waals surface area contributed by atoms with E-state index in [2.05, 4.69) is 20.6 Å². The maximum Gasteiger partial charge on any atom is 0.221 e. The molecule has 2 heterocycles. The van der Waals surface area contributed by atoms with Crippen LogP contribution in [-0.4, -0.2) is 15.9 Å². The molecule has 0 bridgehead atoms. The van der Waals surface area contributed by atoms with Crippen LogP contribution < -0.4 is 10.6 Å². The highest BCUT2D eigenvalue weighted by Gasteiger charge is 2.13. The Morgan fingerprint density at radius 2 is 1.70 bits per heavy atom. The van der Waals surface area contributed by atoms with Gasteiger partial charge in [0.05, 0.1) is 5.39 Å². The van der Waals surface area contributed by atoms with Gasteiger partial charge in [-0.2, -0.15) is 0 Å². The molecule has 0 fully saturated rings. The number of fused-ring (bicyclic) bond motifs is 1. The number of amides is 1. The molecule has 2 aromatic heterocycles. The molecule has 134 valence electrons. The summed E-state index contributed by atoms with van der Waals surface area (Å²) >= 11 is 1.51. The Bertz CT molecular complexity index is 1110. The van der Waals surface area contributed by atoms with Gasteiger partial charge in [-0.05, 0) is 42.0 Å². The lowest BCUT2D eigenvalue weighted by Gasteiger charge is -2.09. The second kappa shape index (κ2) is 7.13. The van der Waals surface area contributed by atoms with Gasteiger partial charge < -0.3 is 10.6 Å². The summed E-state index contributed by atoms with van der Waals surface area (Å²) in [6.07, 6.45) is 1.52. The van der Waals surface area contributed by atoms with Gasteiger partial charge in [-0.25, -0.2) is 14.4 Å². The van der Waals surface area contributed by atoms with Crippen LogP contribution in [0.1, 0.15) is 6.92 Å². The van der Waals surface area contributed by atoms with Gasteiger partial charge in [0, 0.05) is 29.2 Å². The summed E-state index contributed by atoms with van der Waals surface area (Å²) in [6, 6.07) is 13.7. The summed E-state index contributed by atoms with van der Waals surface area (Å²) in [5, 5.41) is 8.93. The molecule has 0 aliphatic rings. The largest absolute Gasteiger partial charge is 0.340 e. The predicted octanol–water partition coefficient (Wildman–Crippen LogP) is 5.20. The van der Waals surface area contributed by atoms with Crippen LogP contribution in [0.3, 0.4) is 0 Å². The fourth-order valence-corrected chi connectivity index (χ4v) is 3.70. The summed E-state index contributed by atoms with van der Waals surface area (Å²) in [7, 11) is 0. The molecule has 27 heavy (non-hydrogen) atoms. The van der Waals surface area contributed by atoms with Crippen LogP contribution >= 0.6 is 11.3 Å². The van der Waals surface area contributed by atoms with Gasteiger partial charge in [-0.1, -0.05) is 12.1 Å². The normalized spacial score (nSPS) is 10.7. The van der Waals surface area contributed by atoms with Crippen molar-refractivity contribution in [1.29, 1.82) is 0 Å². The molecule has 4 aromatic rings. The van der Waals surface area contributed by atoms with E-state index in [4.69, 9.17) is 0 Å². The van der Waals surface area contributed by atoms with E-state index < -0.39 is 0 Å². The van der Waals surface area contributed by atoms with Crippen molar-refractivity contribution in [2.45, 2.75) is 6.92 Å². The number of carbonyl (C=O) groups excluding carboxylic acids is 1. The molecule has 0 aliphatic carbocycles. The first-order chi connectivity index (χ1) is 13.1. The van der Waals surface area contributed by atoms with Crippen molar-refractivity contribution >= 4 is 44.7 Å². The molecule has 0 spiro atoms. The van der Waals surface area contributed by atoms with E-state index in [0.29, 0.717) is 5.82 Å². The molecule has 2 aromatic carbocycles. The standard InChI is InChI=1S/C20H15FN4OS/c1-12(26)24-15-6-8-16(9-7-15)25-19-18-17(10-27-20(18)23-11-22-19)13-2-4-14(21)5-3-13/h2-11H,1H3,(H,24,26)(H,22,23,25). The van der Waals surface area contributed by atoms with Crippen molar-refractivity contribution in [3.05, 3.63) is 66.1 Å². The molecule has 0 saturated carbocycles. The highest BCUT2D eigenvalue weighted by molar-refractivity contribution is 7.17. The van der Waals surface area contributed by atoms with Gasteiger partial charge in [-0.15, -0.1) is 11.3 Å². The van der Waals surface area contributed by atoms with Crippen LogP contribution in [0, 0.1) is 5.82 Å². The molecule has 0 atom stereocenters. The topological polar surface area (TPSA) is 66.9 Å². The molecular weight excluding hydrogens is 363 g/mol. The van der Waals surface area contributed by atoms with E-state index in [0.717, 1.165) is 32.7 Å². The summed E-state index contributed by atoms with van der Waals surface area (Å²) in [6.45, 7) is 1.47. The average molecular weight is 378 g/mol. The molecule has 0 aliphatic heterocycles. The molecule has 0 unspecified atom stereocenters. The second-order valence-electron chi connectivity index (χ2n) is 5.94. The summed E-state index contributed by atoms with van der Waals surface area (Å²) in [4.78, 5) is 20.7. The zero-order chi connectivity index (χ0) is 18.8. The molecule has 7 heteroatoms. The predicted molar refractivity (Wildman–Crippen MR) is 107 cm³/mol. The Hall–Kier alpha value is -3.32. The summed E-state index contributed by atoms with van der Waals surface area (Å²) in [5.74, 6) is 0.287. The first kappa shape index (κ1) is 17.1. The van der Waals surface area contributed by atoms with Crippen molar-refractivity contribution < 1.29 is 9.18 Å². The molecule has 1 amide bonds. The monoisotopic (exact) mass is 378 g/mol. The average Bonchev–Trinajstić information content (AvgIpc) is 3.09. The third-order valence-electron chi connectivity index (χ3n) is 3.99. The molecule has 0 radical (unpaired) electrons. The van der Waals surface area contributed by atoms with Crippen molar-refractivity contribution in [3.63, 3.8) is 0 Å². The van der Waals surface area contributed by atoms with Gasteiger partial charge in [0.15, 0.2) is 0 Å². The number of rotatable bonds is 4. The van der Waals surface area contributed by atoms with Crippen LogP contribution in [0.5, 0.6) is 0 Å². The number of hydrogen-bond acceptors (Lipinski definition) is 5. The van der Waals surface area contributed by atoms with Gasteiger partial charge in [-0.3, -0.25) is 4.79 Å². The smallest absolute Gasteiger partial charge is 0.221 e. The van der Waals surface area contributed by atoms with Crippen molar-refractivity contribution in [2.75, 3.05) is 10.6 Å². The van der Waals surface area contributed by atoms with Gasteiger partial charge in [0.1, 0.15) is 22.8 Å². The fourth-order valence-electron chi connectivity index (χ4n) is 2.79. The summed E-state index contributed by atoms with van der Waals surface area (Å²) in [5.41, 5.74) is 3.42. The molecule has 4 rings (SSSR count). The Morgan fingerprint density at radius 1 is 1.00 bits per heavy atom. The van der Waals surface area contributed by atoms with Crippen LogP contribution in [0.4, 0.5) is 21.6 Å². The van der Waals surface area contributed by atoms with Crippen molar-refractivity contribution in [1.82, 2.24) is 9.97 Å². The minimum atomic E-state index is -0.271. The zero-order valence-electron chi connectivity index (χ0n) is 14.4. The number of nitrogens with zero attached hydrogens (tertiary/aromatic N) is 2. The number of aromatic nitrogens is 2. The second-order valence-corrected chi connectivity index (χ2v) is 6.80. The SMILES string of the molecule is CC(=O)Nc1ccc(Nc2ncnc3scc(-c4ccc(F)cc4)c23)cc1. The highest BCUT2D eigenvalue weighted by atomic mass is 32.1. The van der Waals surface area contributed by atoms with Crippen molar-refractivity contribution in [3.8, 4) is 11.1 Å². The third-order valence-corrected chi connectivity index (χ3v) is 4.88. The number of anilines is 3. The van der Waals surface area contributed by atoms with Gasteiger partial charge in [0.25, 0.3) is 0 Å². The lowest BCUT2D eigenvalue weighted by Crippen LogP contribution is -2.05. The molecule has 2 N–H and O–H groups in total. The lowest BCUT2D eigenvalue weighted by atomic mass is 10.1. The van der Waals surface area contributed by atoms with E-state index in [1.165, 1.54) is 36.7 Å². The van der Waals surface area contributed by atoms with E-state index >= 15 is 0 Å². The Morgan fingerprint density at radius 3 is 2.41 bits per heavy atom. The quantitative estimate of drug-likeness (QED) is 0.512. The van der Waals surface area contributed by atoms with Gasteiger partial charge in [0.2, 0.25) is 5.91 Å². The first-order valence-electron chi connectivity index (χ1n) is 8.23.